The number of hydrogen-bond acceptors (Lipinski definition) is 5. The standard InChI is InChI=1S/C15H10N4O/c1-10-4-6-11(7-5-10)14-12(9-16)17-15(19-18-14)13-3-2-8-20-13/h2-8H,1H3. The third kappa shape index (κ3) is 2.15. The summed E-state index contributed by atoms with van der Waals surface area (Å²) < 4.78 is 5.21. The Labute approximate surface area is 115 Å². The molecule has 0 saturated carbocycles. The fourth-order valence-electron chi connectivity index (χ4n) is 1.82. The Balaban J connectivity index is 2.09. The van der Waals surface area contributed by atoms with Gasteiger partial charge < -0.3 is 4.42 Å². The lowest BCUT2D eigenvalue weighted by atomic mass is 10.1. The van der Waals surface area contributed by atoms with Crippen LogP contribution in [0.5, 0.6) is 0 Å². The van der Waals surface area contributed by atoms with Gasteiger partial charge in [-0.15, -0.1) is 10.2 Å². The van der Waals surface area contributed by atoms with Gasteiger partial charge in [0.2, 0.25) is 5.82 Å². The quantitative estimate of drug-likeness (QED) is 0.709. The van der Waals surface area contributed by atoms with Crippen molar-refractivity contribution in [3.63, 3.8) is 0 Å². The van der Waals surface area contributed by atoms with Crippen LogP contribution in [-0.2, 0) is 0 Å². The van der Waals surface area contributed by atoms with Crippen molar-refractivity contribution in [1.82, 2.24) is 15.2 Å². The van der Waals surface area contributed by atoms with Gasteiger partial charge in [-0.25, -0.2) is 4.98 Å². The van der Waals surface area contributed by atoms with Crippen LogP contribution in [0.25, 0.3) is 22.8 Å². The Kier molecular flexibility index (Phi) is 2.98. The highest BCUT2D eigenvalue weighted by Gasteiger charge is 2.13. The van der Waals surface area contributed by atoms with E-state index in [2.05, 4.69) is 21.3 Å². The molecule has 0 bridgehead atoms. The number of rotatable bonds is 2. The first-order valence-corrected chi connectivity index (χ1v) is 6.03. The van der Waals surface area contributed by atoms with E-state index < -0.39 is 0 Å². The molecule has 2 aromatic heterocycles. The molecule has 0 aliphatic heterocycles. The molecule has 5 nitrogen and oxygen atoms in total. The lowest BCUT2D eigenvalue weighted by Crippen LogP contribution is -1.99. The van der Waals surface area contributed by atoms with Crippen molar-refractivity contribution < 1.29 is 4.42 Å². The largest absolute Gasteiger partial charge is 0.461 e. The molecule has 0 aliphatic rings. The molecule has 0 atom stereocenters. The Bertz CT molecular complexity index is 771. The van der Waals surface area contributed by atoms with E-state index >= 15 is 0 Å². The smallest absolute Gasteiger partial charge is 0.218 e. The van der Waals surface area contributed by atoms with Crippen molar-refractivity contribution in [2.75, 3.05) is 0 Å². The van der Waals surface area contributed by atoms with E-state index in [4.69, 9.17) is 4.42 Å². The Morgan fingerprint density at radius 3 is 2.55 bits per heavy atom. The SMILES string of the molecule is Cc1ccc(-c2nnc(-c3ccco3)nc2C#N)cc1. The van der Waals surface area contributed by atoms with Gasteiger partial charge in [-0.05, 0) is 19.1 Å². The maximum atomic E-state index is 9.25. The van der Waals surface area contributed by atoms with Crippen molar-refractivity contribution in [3.8, 4) is 28.9 Å². The van der Waals surface area contributed by atoms with Gasteiger partial charge in [-0.3, -0.25) is 0 Å². The first-order chi connectivity index (χ1) is 9.78. The molecule has 20 heavy (non-hydrogen) atoms. The average molecular weight is 262 g/mol. The van der Waals surface area contributed by atoms with E-state index in [0.717, 1.165) is 11.1 Å². The van der Waals surface area contributed by atoms with Gasteiger partial charge in [0.25, 0.3) is 0 Å². The van der Waals surface area contributed by atoms with Crippen LogP contribution in [0, 0.1) is 18.3 Å². The summed E-state index contributed by atoms with van der Waals surface area (Å²) in [7, 11) is 0. The summed E-state index contributed by atoms with van der Waals surface area (Å²) >= 11 is 0. The zero-order valence-corrected chi connectivity index (χ0v) is 10.7. The number of nitrogens with zero attached hydrogens (tertiary/aromatic N) is 4. The monoisotopic (exact) mass is 262 g/mol. The van der Waals surface area contributed by atoms with E-state index in [-0.39, 0.29) is 5.69 Å². The minimum Gasteiger partial charge on any atom is -0.461 e. The van der Waals surface area contributed by atoms with Gasteiger partial charge in [0.05, 0.1) is 6.26 Å². The van der Waals surface area contributed by atoms with Gasteiger partial charge in [-0.1, -0.05) is 29.8 Å². The molecule has 2 heterocycles. The molecule has 0 N–H and O–H groups in total. The normalized spacial score (nSPS) is 10.2. The predicted octanol–water partition coefficient (Wildman–Crippen LogP) is 2.98. The fraction of sp³-hybridized carbons (Fsp3) is 0.0667. The first-order valence-electron chi connectivity index (χ1n) is 6.03. The molecule has 96 valence electrons. The van der Waals surface area contributed by atoms with Gasteiger partial charge in [0.1, 0.15) is 11.8 Å². The molecule has 0 amide bonds. The molecule has 3 aromatic rings. The third-order valence-electron chi connectivity index (χ3n) is 2.86. The fourth-order valence-corrected chi connectivity index (χ4v) is 1.82. The maximum absolute atomic E-state index is 9.25. The van der Waals surface area contributed by atoms with E-state index in [1.54, 1.807) is 12.1 Å². The zero-order chi connectivity index (χ0) is 13.9. The summed E-state index contributed by atoms with van der Waals surface area (Å²) in [6, 6.07) is 13.2. The van der Waals surface area contributed by atoms with E-state index in [9.17, 15) is 5.26 Å². The van der Waals surface area contributed by atoms with Crippen molar-refractivity contribution in [2.45, 2.75) is 6.92 Å². The van der Waals surface area contributed by atoms with E-state index in [1.807, 2.05) is 31.2 Å². The molecular weight excluding hydrogens is 252 g/mol. The highest BCUT2D eigenvalue weighted by Crippen LogP contribution is 2.22. The van der Waals surface area contributed by atoms with Gasteiger partial charge in [-0.2, -0.15) is 5.26 Å². The van der Waals surface area contributed by atoms with E-state index in [1.165, 1.54) is 6.26 Å². The van der Waals surface area contributed by atoms with Crippen LogP contribution in [0.3, 0.4) is 0 Å². The summed E-state index contributed by atoms with van der Waals surface area (Å²) in [6.45, 7) is 2.00. The topological polar surface area (TPSA) is 75.6 Å². The highest BCUT2D eigenvalue weighted by atomic mass is 16.3. The van der Waals surface area contributed by atoms with Crippen LogP contribution in [0.4, 0.5) is 0 Å². The van der Waals surface area contributed by atoms with Crippen molar-refractivity contribution >= 4 is 0 Å². The lowest BCUT2D eigenvalue weighted by Gasteiger charge is -2.03. The highest BCUT2D eigenvalue weighted by molar-refractivity contribution is 5.65. The van der Waals surface area contributed by atoms with Crippen LogP contribution in [0.1, 0.15) is 11.3 Å². The summed E-state index contributed by atoms with van der Waals surface area (Å²) in [4.78, 5) is 4.20. The average Bonchev–Trinajstić information content (AvgIpc) is 3.02. The van der Waals surface area contributed by atoms with Crippen LogP contribution >= 0.6 is 0 Å². The number of aromatic nitrogens is 3. The predicted molar refractivity (Wildman–Crippen MR) is 72.4 cm³/mol. The molecule has 5 heteroatoms. The van der Waals surface area contributed by atoms with E-state index in [0.29, 0.717) is 17.3 Å². The summed E-state index contributed by atoms with van der Waals surface area (Å²) in [6.07, 6.45) is 1.53. The van der Waals surface area contributed by atoms with Gasteiger partial charge in [0.15, 0.2) is 11.5 Å². The molecule has 0 fully saturated rings. The molecule has 0 saturated heterocycles. The van der Waals surface area contributed by atoms with Crippen LogP contribution < -0.4 is 0 Å². The summed E-state index contributed by atoms with van der Waals surface area (Å²) in [5.74, 6) is 0.798. The Morgan fingerprint density at radius 2 is 1.90 bits per heavy atom. The molecule has 3 rings (SSSR count). The lowest BCUT2D eigenvalue weighted by molar-refractivity contribution is 0.575. The summed E-state index contributed by atoms with van der Waals surface area (Å²) in [5, 5.41) is 17.4. The molecule has 0 radical (unpaired) electrons. The minimum absolute atomic E-state index is 0.232. The molecular formula is C15H10N4O. The number of hydrogen-bond donors (Lipinski definition) is 0. The van der Waals surface area contributed by atoms with Gasteiger partial charge in [0, 0.05) is 5.56 Å². The molecule has 0 aliphatic carbocycles. The Morgan fingerprint density at radius 1 is 1.10 bits per heavy atom. The van der Waals surface area contributed by atoms with Crippen LogP contribution in [0.15, 0.2) is 47.1 Å². The molecule has 1 aromatic carbocycles. The second-order valence-electron chi connectivity index (χ2n) is 4.29. The molecule has 0 spiro atoms. The minimum atomic E-state index is 0.232. The van der Waals surface area contributed by atoms with Crippen molar-refractivity contribution in [2.24, 2.45) is 0 Å². The number of aryl methyl sites for hydroxylation is 1. The van der Waals surface area contributed by atoms with Gasteiger partial charge >= 0.3 is 0 Å². The zero-order valence-electron chi connectivity index (χ0n) is 10.7. The maximum Gasteiger partial charge on any atom is 0.218 e. The number of benzene rings is 1. The first kappa shape index (κ1) is 12.1. The van der Waals surface area contributed by atoms with Crippen LogP contribution in [-0.4, -0.2) is 15.2 Å². The van der Waals surface area contributed by atoms with Crippen molar-refractivity contribution in [3.05, 3.63) is 53.9 Å². The number of nitriles is 1. The second kappa shape index (κ2) is 4.94. The second-order valence-corrected chi connectivity index (χ2v) is 4.29. The molecule has 0 unspecified atom stereocenters. The number of furan rings is 1. The summed E-state index contributed by atoms with van der Waals surface area (Å²) in [5.41, 5.74) is 2.66. The third-order valence-corrected chi connectivity index (χ3v) is 2.86. The van der Waals surface area contributed by atoms with Crippen LogP contribution in [0.2, 0.25) is 0 Å². The Hall–Kier alpha value is -3.00. The van der Waals surface area contributed by atoms with Crippen molar-refractivity contribution in [1.29, 1.82) is 5.26 Å².